The van der Waals surface area contributed by atoms with E-state index in [9.17, 15) is 9.59 Å². The van der Waals surface area contributed by atoms with Crippen molar-refractivity contribution in [2.45, 2.75) is 18.7 Å². The molecule has 0 unspecified atom stereocenters. The van der Waals surface area contributed by atoms with Crippen LogP contribution in [0.15, 0.2) is 82.6 Å². The van der Waals surface area contributed by atoms with E-state index in [4.69, 9.17) is 9.15 Å². The Bertz CT molecular complexity index is 1220. The van der Waals surface area contributed by atoms with E-state index in [1.165, 1.54) is 17.8 Å². The van der Waals surface area contributed by atoms with Gasteiger partial charge in [-0.2, -0.15) is 0 Å². The Labute approximate surface area is 194 Å². The van der Waals surface area contributed by atoms with Crippen LogP contribution in [-0.4, -0.2) is 32.3 Å². The molecular weight excluding hydrogens is 442 g/mol. The molecule has 0 atom stereocenters. The van der Waals surface area contributed by atoms with Gasteiger partial charge in [-0.25, -0.2) is 0 Å². The molecule has 168 valence electrons. The van der Waals surface area contributed by atoms with Crippen LogP contribution in [0.3, 0.4) is 0 Å². The smallest absolute Gasteiger partial charge is 0.305 e. The molecule has 0 radical (unpaired) electrons. The van der Waals surface area contributed by atoms with Crippen LogP contribution >= 0.6 is 11.8 Å². The number of thioether (sulfide) groups is 1. The summed E-state index contributed by atoms with van der Waals surface area (Å²) in [6.07, 6.45) is 1.59. The van der Waals surface area contributed by atoms with Gasteiger partial charge in [0, 0.05) is 5.69 Å². The first-order valence-electron chi connectivity index (χ1n) is 10.0. The second-order valence-corrected chi connectivity index (χ2v) is 7.92. The molecule has 33 heavy (non-hydrogen) atoms. The monoisotopic (exact) mass is 463 g/mol. The minimum Gasteiger partial charge on any atom is -0.486 e. The summed E-state index contributed by atoms with van der Waals surface area (Å²) in [6, 6.07) is 20.3. The molecule has 9 nitrogen and oxygen atoms in total. The SMILES string of the molecule is Cc1ccc(-n2cnnc2SCC(=O)NNC(=O)c2ccc(COc3ccccc3)o2)cc1. The lowest BCUT2D eigenvalue weighted by Gasteiger charge is -2.08. The van der Waals surface area contributed by atoms with Gasteiger partial charge < -0.3 is 9.15 Å². The molecule has 0 bridgehead atoms. The van der Waals surface area contributed by atoms with Gasteiger partial charge >= 0.3 is 5.91 Å². The van der Waals surface area contributed by atoms with E-state index in [1.807, 2.05) is 61.5 Å². The maximum atomic E-state index is 12.2. The van der Waals surface area contributed by atoms with E-state index < -0.39 is 11.8 Å². The Kier molecular flexibility index (Phi) is 7.06. The Morgan fingerprint density at radius 3 is 2.61 bits per heavy atom. The molecule has 2 heterocycles. The number of nitrogens with one attached hydrogen (secondary N) is 2. The van der Waals surface area contributed by atoms with Crippen molar-refractivity contribution in [1.82, 2.24) is 25.6 Å². The highest BCUT2D eigenvalue weighted by Gasteiger charge is 2.14. The molecule has 2 N–H and O–H groups in total. The predicted molar refractivity (Wildman–Crippen MR) is 122 cm³/mol. The van der Waals surface area contributed by atoms with Crippen molar-refractivity contribution in [2.24, 2.45) is 0 Å². The Hall–Kier alpha value is -4.05. The number of aryl methyl sites for hydroxylation is 1. The third-order valence-electron chi connectivity index (χ3n) is 4.49. The first kappa shape index (κ1) is 22.2. The first-order chi connectivity index (χ1) is 16.1. The molecular formula is C23H21N5O4S. The average Bonchev–Trinajstić information content (AvgIpc) is 3.51. The van der Waals surface area contributed by atoms with Crippen molar-refractivity contribution >= 4 is 23.6 Å². The number of nitrogens with zero attached hydrogens (tertiary/aromatic N) is 3. The molecule has 0 aliphatic carbocycles. The summed E-state index contributed by atoms with van der Waals surface area (Å²) in [5.41, 5.74) is 6.75. The van der Waals surface area contributed by atoms with Crippen molar-refractivity contribution in [3.63, 3.8) is 0 Å². The molecule has 10 heteroatoms. The van der Waals surface area contributed by atoms with Crippen LogP contribution in [0.25, 0.3) is 5.69 Å². The van der Waals surface area contributed by atoms with E-state index >= 15 is 0 Å². The standard InChI is InChI=1S/C23H21N5O4S/c1-16-7-9-17(10-8-16)28-15-24-27-23(28)33-14-21(29)25-26-22(30)20-12-11-19(32-20)13-31-18-5-3-2-4-6-18/h2-12,15H,13-14H2,1H3,(H,25,29)(H,26,30). The fraction of sp³-hybridized carbons (Fsp3) is 0.130. The molecule has 0 aliphatic heterocycles. The number of furan rings is 1. The van der Waals surface area contributed by atoms with Crippen LogP contribution in [0.5, 0.6) is 5.75 Å². The van der Waals surface area contributed by atoms with Crippen LogP contribution in [0, 0.1) is 6.92 Å². The second-order valence-electron chi connectivity index (χ2n) is 6.98. The van der Waals surface area contributed by atoms with Gasteiger partial charge in [0.15, 0.2) is 10.9 Å². The lowest BCUT2D eigenvalue weighted by molar-refractivity contribution is -0.119. The van der Waals surface area contributed by atoms with Gasteiger partial charge in [0.25, 0.3) is 0 Å². The largest absolute Gasteiger partial charge is 0.486 e. The van der Waals surface area contributed by atoms with Crippen LogP contribution in [0.2, 0.25) is 0 Å². The lowest BCUT2D eigenvalue weighted by Crippen LogP contribution is -2.42. The van der Waals surface area contributed by atoms with Crippen LogP contribution < -0.4 is 15.6 Å². The summed E-state index contributed by atoms with van der Waals surface area (Å²) in [4.78, 5) is 24.4. The van der Waals surface area contributed by atoms with Gasteiger partial charge in [-0.1, -0.05) is 47.7 Å². The zero-order valence-electron chi connectivity index (χ0n) is 17.7. The van der Waals surface area contributed by atoms with Gasteiger partial charge in [0.05, 0.1) is 5.75 Å². The normalized spacial score (nSPS) is 10.6. The Balaban J connectivity index is 1.23. The quantitative estimate of drug-likeness (QED) is 0.305. The molecule has 2 aromatic carbocycles. The zero-order valence-corrected chi connectivity index (χ0v) is 18.5. The first-order valence-corrected chi connectivity index (χ1v) is 11.0. The van der Waals surface area contributed by atoms with E-state index in [0.29, 0.717) is 16.7 Å². The average molecular weight is 464 g/mol. The highest BCUT2D eigenvalue weighted by atomic mass is 32.2. The lowest BCUT2D eigenvalue weighted by atomic mass is 10.2. The number of amides is 2. The maximum absolute atomic E-state index is 12.2. The van der Waals surface area contributed by atoms with Crippen LogP contribution in [0.4, 0.5) is 0 Å². The molecule has 0 saturated heterocycles. The predicted octanol–water partition coefficient (Wildman–Crippen LogP) is 3.30. The number of benzene rings is 2. The van der Waals surface area contributed by atoms with E-state index in [-0.39, 0.29) is 18.1 Å². The molecule has 4 aromatic rings. The molecule has 2 amide bonds. The summed E-state index contributed by atoms with van der Waals surface area (Å²) in [5, 5.41) is 8.54. The second kappa shape index (κ2) is 10.5. The van der Waals surface area contributed by atoms with Gasteiger partial charge in [-0.15, -0.1) is 10.2 Å². The van der Waals surface area contributed by atoms with E-state index in [2.05, 4.69) is 21.0 Å². The Morgan fingerprint density at radius 2 is 1.82 bits per heavy atom. The summed E-state index contributed by atoms with van der Waals surface area (Å²) in [7, 11) is 0. The van der Waals surface area contributed by atoms with Crippen molar-refractivity contribution < 1.29 is 18.7 Å². The molecule has 2 aromatic heterocycles. The van der Waals surface area contributed by atoms with Crippen molar-refractivity contribution in [1.29, 1.82) is 0 Å². The third-order valence-corrected chi connectivity index (χ3v) is 5.43. The van der Waals surface area contributed by atoms with Gasteiger partial charge in [-0.05, 0) is 43.3 Å². The molecule has 4 rings (SSSR count). The molecule has 0 spiro atoms. The molecule has 0 saturated carbocycles. The number of ether oxygens (including phenoxy) is 1. The summed E-state index contributed by atoms with van der Waals surface area (Å²) in [6.45, 7) is 2.19. The highest BCUT2D eigenvalue weighted by molar-refractivity contribution is 7.99. The number of carbonyl (C=O) groups excluding carboxylic acids is 2. The van der Waals surface area contributed by atoms with Crippen LogP contribution in [-0.2, 0) is 11.4 Å². The minimum absolute atomic E-state index is 0.0408. The zero-order chi connectivity index (χ0) is 23.0. The highest BCUT2D eigenvalue weighted by Crippen LogP contribution is 2.19. The van der Waals surface area contributed by atoms with Gasteiger partial charge in [0.2, 0.25) is 5.91 Å². The van der Waals surface area contributed by atoms with Gasteiger partial charge in [-0.3, -0.25) is 25.0 Å². The molecule has 0 aliphatic rings. The van der Waals surface area contributed by atoms with Crippen molar-refractivity contribution in [3.8, 4) is 11.4 Å². The van der Waals surface area contributed by atoms with Crippen LogP contribution in [0.1, 0.15) is 21.9 Å². The number of carbonyl (C=O) groups is 2. The minimum atomic E-state index is -0.567. The van der Waals surface area contributed by atoms with Crippen molar-refractivity contribution in [2.75, 3.05) is 5.75 Å². The number of hydrogen-bond donors (Lipinski definition) is 2. The van der Waals surface area contributed by atoms with E-state index in [1.54, 1.807) is 17.0 Å². The fourth-order valence-electron chi connectivity index (χ4n) is 2.81. The fourth-order valence-corrected chi connectivity index (χ4v) is 3.54. The van der Waals surface area contributed by atoms with E-state index in [0.717, 1.165) is 11.3 Å². The summed E-state index contributed by atoms with van der Waals surface area (Å²) < 4.78 is 12.9. The Morgan fingerprint density at radius 1 is 1.03 bits per heavy atom. The number of hydrazine groups is 1. The maximum Gasteiger partial charge on any atom is 0.305 e. The number of rotatable bonds is 8. The summed E-state index contributed by atoms with van der Waals surface area (Å²) >= 11 is 1.20. The number of aromatic nitrogens is 3. The van der Waals surface area contributed by atoms with Gasteiger partial charge in [0.1, 0.15) is 24.4 Å². The number of para-hydroxylation sites is 1. The number of hydrogen-bond acceptors (Lipinski definition) is 7. The third kappa shape index (κ3) is 6.01. The van der Waals surface area contributed by atoms with Crippen molar-refractivity contribution in [3.05, 3.63) is 90.1 Å². The summed E-state index contributed by atoms with van der Waals surface area (Å²) in [5.74, 6) is 0.324. The molecule has 0 fully saturated rings. The topological polar surface area (TPSA) is 111 Å².